The summed E-state index contributed by atoms with van der Waals surface area (Å²) in [7, 11) is -3.51. The van der Waals surface area contributed by atoms with E-state index in [0.717, 1.165) is 11.1 Å². The third-order valence-corrected chi connectivity index (χ3v) is 4.63. The smallest absolute Gasteiger partial charge is 0.233 e. The lowest BCUT2D eigenvalue weighted by Gasteiger charge is -2.07. The molecule has 1 N–H and O–H groups in total. The van der Waals surface area contributed by atoms with Crippen LogP contribution in [0.4, 0.5) is 0 Å². The average molecular weight is 342 g/mol. The summed E-state index contributed by atoms with van der Waals surface area (Å²) in [4.78, 5) is 4.39. The number of nitrogens with one attached hydrogen (secondary N) is 1. The number of oxazole rings is 1. The summed E-state index contributed by atoms with van der Waals surface area (Å²) < 4.78 is 32.3. The second kappa shape index (κ2) is 6.98. The number of hydrogen-bond donors (Lipinski definition) is 1. The molecule has 0 aliphatic rings. The van der Waals surface area contributed by atoms with E-state index in [1.807, 2.05) is 61.5 Å². The number of nitrogens with zero attached hydrogens (tertiary/aromatic N) is 1. The van der Waals surface area contributed by atoms with Crippen molar-refractivity contribution < 1.29 is 12.8 Å². The Bertz CT molecular complexity index is 914. The highest BCUT2D eigenvalue weighted by molar-refractivity contribution is 7.92. The van der Waals surface area contributed by atoms with Crippen molar-refractivity contribution in [3.63, 3.8) is 0 Å². The van der Waals surface area contributed by atoms with E-state index < -0.39 is 10.0 Å². The lowest BCUT2D eigenvalue weighted by Crippen LogP contribution is -2.25. The van der Waals surface area contributed by atoms with Gasteiger partial charge >= 0.3 is 0 Å². The van der Waals surface area contributed by atoms with E-state index in [9.17, 15) is 8.42 Å². The third-order valence-electron chi connectivity index (χ3n) is 3.56. The molecule has 0 saturated carbocycles. The van der Waals surface area contributed by atoms with Gasteiger partial charge in [-0.2, -0.15) is 0 Å². The SMILES string of the molecule is CC(CNS(=O)(=O)/C=C/c1ccccc1)c1nc2ccccc2o1. The highest BCUT2D eigenvalue weighted by Gasteiger charge is 2.15. The van der Waals surface area contributed by atoms with Crippen molar-refractivity contribution in [2.75, 3.05) is 6.54 Å². The molecule has 3 aromatic rings. The standard InChI is InChI=1S/C18H18N2O3S/c1-14(18-20-16-9-5-6-10-17(16)23-18)13-19-24(21,22)12-11-15-7-3-2-4-8-15/h2-12,14,19H,13H2,1H3/b12-11+. The summed E-state index contributed by atoms with van der Waals surface area (Å²) in [5.74, 6) is 0.350. The normalized spacial score (nSPS) is 13.5. The first kappa shape index (κ1) is 16.4. The molecule has 1 heterocycles. The van der Waals surface area contributed by atoms with Crippen LogP contribution >= 0.6 is 0 Å². The predicted octanol–water partition coefficient (Wildman–Crippen LogP) is 3.52. The summed E-state index contributed by atoms with van der Waals surface area (Å²) >= 11 is 0. The molecule has 1 atom stereocenters. The van der Waals surface area contributed by atoms with Gasteiger partial charge in [0.1, 0.15) is 5.52 Å². The second-order valence-electron chi connectivity index (χ2n) is 5.53. The second-order valence-corrected chi connectivity index (χ2v) is 7.18. The Hall–Kier alpha value is -2.44. The molecule has 0 fully saturated rings. The van der Waals surface area contributed by atoms with Crippen LogP contribution in [-0.2, 0) is 10.0 Å². The van der Waals surface area contributed by atoms with Gasteiger partial charge in [0.05, 0.1) is 0 Å². The van der Waals surface area contributed by atoms with Gasteiger partial charge in [-0.05, 0) is 23.8 Å². The van der Waals surface area contributed by atoms with E-state index in [2.05, 4.69) is 9.71 Å². The maximum atomic E-state index is 12.1. The number of sulfonamides is 1. The van der Waals surface area contributed by atoms with Gasteiger partial charge in [-0.3, -0.25) is 0 Å². The molecular weight excluding hydrogens is 324 g/mol. The minimum absolute atomic E-state index is 0.169. The molecule has 0 bridgehead atoms. The molecule has 0 amide bonds. The first-order valence-corrected chi connectivity index (χ1v) is 9.16. The van der Waals surface area contributed by atoms with Gasteiger partial charge in [0, 0.05) is 17.9 Å². The van der Waals surface area contributed by atoms with Gasteiger partial charge in [0.2, 0.25) is 10.0 Å². The first-order valence-electron chi connectivity index (χ1n) is 7.62. The monoisotopic (exact) mass is 342 g/mol. The van der Waals surface area contributed by atoms with Crippen molar-refractivity contribution in [1.29, 1.82) is 0 Å². The fourth-order valence-corrected chi connectivity index (χ4v) is 3.12. The molecule has 0 radical (unpaired) electrons. The van der Waals surface area contributed by atoms with Crippen LogP contribution in [0.2, 0.25) is 0 Å². The lowest BCUT2D eigenvalue weighted by atomic mass is 10.2. The van der Waals surface area contributed by atoms with E-state index in [-0.39, 0.29) is 12.5 Å². The van der Waals surface area contributed by atoms with E-state index >= 15 is 0 Å². The highest BCUT2D eigenvalue weighted by Crippen LogP contribution is 2.20. The number of benzene rings is 2. The minimum Gasteiger partial charge on any atom is -0.440 e. The van der Waals surface area contributed by atoms with Crippen LogP contribution in [0.5, 0.6) is 0 Å². The molecule has 1 aromatic heterocycles. The number of rotatable bonds is 6. The van der Waals surface area contributed by atoms with Gasteiger partial charge < -0.3 is 4.42 Å². The minimum atomic E-state index is -3.51. The van der Waals surface area contributed by atoms with Crippen LogP contribution in [0.15, 0.2) is 64.4 Å². The molecule has 1 unspecified atom stereocenters. The number of aromatic nitrogens is 1. The Morgan fingerprint density at radius 3 is 2.58 bits per heavy atom. The van der Waals surface area contributed by atoms with Crippen LogP contribution < -0.4 is 4.72 Å². The summed E-state index contributed by atoms with van der Waals surface area (Å²) in [6.45, 7) is 2.09. The maximum Gasteiger partial charge on any atom is 0.233 e. The van der Waals surface area contributed by atoms with Crippen LogP contribution in [-0.4, -0.2) is 19.9 Å². The van der Waals surface area contributed by atoms with E-state index in [1.54, 1.807) is 6.08 Å². The first-order chi connectivity index (χ1) is 11.5. The summed E-state index contributed by atoms with van der Waals surface area (Å²) in [5, 5.41) is 1.17. The quantitative estimate of drug-likeness (QED) is 0.744. The third kappa shape index (κ3) is 4.10. The van der Waals surface area contributed by atoms with Gasteiger partial charge in [0.25, 0.3) is 0 Å². The van der Waals surface area contributed by atoms with Crippen molar-refractivity contribution in [2.45, 2.75) is 12.8 Å². The van der Waals surface area contributed by atoms with Gasteiger partial charge in [0.15, 0.2) is 11.5 Å². The molecule has 5 nitrogen and oxygen atoms in total. The zero-order valence-electron chi connectivity index (χ0n) is 13.2. The number of hydrogen-bond acceptors (Lipinski definition) is 4. The van der Waals surface area contributed by atoms with Crippen molar-refractivity contribution in [1.82, 2.24) is 9.71 Å². The zero-order valence-corrected chi connectivity index (χ0v) is 14.0. The number of para-hydroxylation sites is 2. The Balaban J connectivity index is 1.64. The molecule has 3 rings (SSSR count). The van der Waals surface area contributed by atoms with Crippen molar-refractivity contribution in [2.24, 2.45) is 0 Å². The Morgan fingerprint density at radius 1 is 1.12 bits per heavy atom. The number of fused-ring (bicyclic) bond motifs is 1. The molecule has 0 saturated heterocycles. The Kier molecular flexibility index (Phi) is 4.78. The largest absolute Gasteiger partial charge is 0.440 e. The van der Waals surface area contributed by atoms with E-state index in [0.29, 0.717) is 11.5 Å². The topological polar surface area (TPSA) is 72.2 Å². The average Bonchev–Trinajstić information content (AvgIpc) is 3.03. The van der Waals surface area contributed by atoms with Crippen molar-refractivity contribution in [3.8, 4) is 0 Å². The van der Waals surface area contributed by atoms with Gasteiger partial charge in [-0.25, -0.2) is 18.1 Å². The predicted molar refractivity (Wildman–Crippen MR) is 94.8 cm³/mol. The summed E-state index contributed by atoms with van der Waals surface area (Å²) in [6.07, 6.45) is 1.56. The van der Waals surface area contributed by atoms with E-state index in [1.165, 1.54) is 5.41 Å². The maximum absolute atomic E-state index is 12.1. The molecule has 2 aromatic carbocycles. The summed E-state index contributed by atoms with van der Waals surface area (Å²) in [6, 6.07) is 16.7. The fraction of sp³-hybridized carbons (Fsp3) is 0.167. The molecule has 6 heteroatoms. The molecule has 0 spiro atoms. The lowest BCUT2D eigenvalue weighted by molar-refractivity contribution is 0.481. The summed E-state index contributed by atoms with van der Waals surface area (Å²) in [5.41, 5.74) is 2.30. The molecular formula is C18H18N2O3S. The highest BCUT2D eigenvalue weighted by atomic mass is 32.2. The zero-order chi connectivity index (χ0) is 17.0. The Labute approximate surface area is 141 Å². The van der Waals surface area contributed by atoms with Crippen LogP contribution in [0.25, 0.3) is 17.2 Å². The fourth-order valence-electron chi connectivity index (χ4n) is 2.21. The molecule has 24 heavy (non-hydrogen) atoms. The van der Waals surface area contributed by atoms with E-state index in [4.69, 9.17) is 4.42 Å². The molecule has 124 valence electrons. The van der Waals surface area contributed by atoms with Gasteiger partial charge in [-0.15, -0.1) is 0 Å². The van der Waals surface area contributed by atoms with Crippen LogP contribution in [0, 0.1) is 0 Å². The van der Waals surface area contributed by atoms with Crippen LogP contribution in [0.3, 0.4) is 0 Å². The van der Waals surface area contributed by atoms with Gasteiger partial charge in [-0.1, -0.05) is 49.4 Å². The molecule has 0 aliphatic carbocycles. The molecule has 0 aliphatic heterocycles. The van der Waals surface area contributed by atoms with Crippen LogP contribution in [0.1, 0.15) is 24.3 Å². The van der Waals surface area contributed by atoms with Crippen molar-refractivity contribution in [3.05, 3.63) is 71.5 Å². The van der Waals surface area contributed by atoms with Crippen molar-refractivity contribution >= 4 is 27.2 Å². The Morgan fingerprint density at radius 2 is 1.83 bits per heavy atom.